The van der Waals surface area contributed by atoms with Gasteiger partial charge in [-0.05, 0) is 25.1 Å². The lowest BCUT2D eigenvalue weighted by Crippen LogP contribution is -2.22. The number of halogens is 3. The maximum Gasteiger partial charge on any atom is 0.417 e. The maximum atomic E-state index is 12.7. The van der Waals surface area contributed by atoms with Gasteiger partial charge >= 0.3 is 6.18 Å². The molecule has 1 N–H and O–H groups in total. The molecule has 2 aromatic rings. The van der Waals surface area contributed by atoms with Crippen LogP contribution >= 0.6 is 0 Å². The Morgan fingerprint density at radius 3 is 2.71 bits per heavy atom. The first-order valence-electron chi connectivity index (χ1n) is 6.36. The molecule has 2 rings (SSSR count). The number of aromatic nitrogens is 2. The number of hydrogen-bond acceptors (Lipinski definition) is 3. The van der Waals surface area contributed by atoms with Crippen molar-refractivity contribution in [3.05, 3.63) is 58.3 Å². The van der Waals surface area contributed by atoms with Gasteiger partial charge in [-0.2, -0.15) is 13.2 Å². The normalized spacial score (nSPS) is 11.4. The molecule has 0 spiro atoms. The zero-order chi connectivity index (χ0) is 15.5. The van der Waals surface area contributed by atoms with E-state index in [9.17, 15) is 18.0 Å². The van der Waals surface area contributed by atoms with Crippen LogP contribution < -0.4 is 10.9 Å². The summed E-state index contributed by atoms with van der Waals surface area (Å²) < 4.78 is 39.0. The fourth-order valence-corrected chi connectivity index (χ4v) is 1.88. The number of hydrogen-bond donors (Lipinski definition) is 1. The molecule has 0 aliphatic carbocycles. The van der Waals surface area contributed by atoms with Crippen LogP contribution in [0.2, 0.25) is 0 Å². The predicted octanol–water partition coefficient (Wildman–Crippen LogP) is 2.74. The van der Waals surface area contributed by atoms with Crippen molar-refractivity contribution >= 4 is 5.69 Å². The minimum absolute atomic E-state index is 0.0119. The van der Waals surface area contributed by atoms with Gasteiger partial charge in [-0.25, -0.2) is 0 Å². The van der Waals surface area contributed by atoms with E-state index >= 15 is 0 Å². The Morgan fingerprint density at radius 1 is 1.29 bits per heavy atom. The summed E-state index contributed by atoms with van der Waals surface area (Å²) in [6.07, 6.45) is -2.12. The summed E-state index contributed by atoms with van der Waals surface area (Å²) in [5.41, 5.74) is -0.0407. The standard InChI is InChI=1S/C14H14F3N3O/c1-2-18-11-5-6-19-12(7-11)9-20-8-10(14(15,16)17)3-4-13(20)21/h3-8H,2,9H2,1H3,(H,18,19). The number of nitrogens with one attached hydrogen (secondary N) is 1. The van der Waals surface area contributed by atoms with Crippen LogP contribution in [0, 0.1) is 0 Å². The van der Waals surface area contributed by atoms with Crippen molar-refractivity contribution in [3.8, 4) is 0 Å². The zero-order valence-electron chi connectivity index (χ0n) is 11.3. The van der Waals surface area contributed by atoms with Crippen molar-refractivity contribution in [3.63, 3.8) is 0 Å². The summed E-state index contributed by atoms with van der Waals surface area (Å²) in [4.78, 5) is 15.7. The molecule has 0 saturated carbocycles. The number of rotatable bonds is 4. The van der Waals surface area contributed by atoms with Gasteiger partial charge in [0.1, 0.15) is 0 Å². The van der Waals surface area contributed by atoms with E-state index in [0.29, 0.717) is 12.2 Å². The highest BCUT2D eigenvalue weighted by Crippen LogP contribution is 2.28. The van der Waals surface area contributed by atoms with E-state index in [1.165, 1.54) is 0 Å². The van der Waals surface area contributed by atoms with Crippen LogP contribution in [-0.2, 0) is 12.7 Å². The minimum Gasteiger partial charge on any atom is -0.385 e. The van der Waals surface area contributed by atoms with E-state index in [-0.39, 0.29) is 6.54 Å². The molecule has 21 heavy (non-hydrogen) atoms. The number of alkyl halides is 3. The first-order chi connectivity index (χ1) is 9.90. The smallest absolute Gasteiger partial charge is 0.385 e. The summed E-state index contributed by atoms with van der Waals surface area (Å²) in [7, 11) is 0. The quantitative estimate of drug-likeness (QED) is 0.944. The monoisotopic (exact) mass is 297 g/mol. The summed E-state index contributed by atoms with van der Waals surface area (Å²) >= 11 is 0. The Morgan fingerprint density at radius 2 is 2.05 bits per heavy atom. The van der Waals surface area contributed by atoms with Crippen molar-refractivity contribution < 1.29 is 13.2 Å². The SMILES string of the molecule is CCNc1ccnc(Cn2cc(C(F)(F)F)ccc2=O)c1. The van der Waals surface area contributed by atoms with Gasteiger partial charge in [0, 0.05) is 30.7 Å². The van der Waals surface area contributed by atoms with Crippen LogP contribution in [0.15, 0.2) is 41.5 Å². The van der Waals surface area contributed by atoms with Crippen LogP contribution in [0.25, 0.3) is 0 Å². The lowest BCUT2D eigenvalue weighted by Gasteiger charge is -2.11. The average molecular weight is 297 g/mol. The molecule has 2 heterocycles. The largest absolute Gasteiger partial charge is 0.417 e. The summed E-state index contributed by atoms with van der Waals surface area (Å²) in [6.45, 7) is 2.63. The van der Waals surface area contributed by atoms with Crippen molar-refractivity contribution in [1.29, 1.82) is 0 Å². The molecular weight excluding hydrogens is 283 g/mol. The number of anilines is 1. The van der Waals surface area contributed by atoms with Gasteiger partial charge in [0.25, 0.3) is 5.56 Å². The van der Waals surface area contributed by atoms with E-state index in [1.807, 2.05) is 6.92 Å². The molecule has 0 saturated heterocycles. The Hall–Kier alpha value is -2.31. The fraction of sp³-hybridized carbons (Fsp3) is 0.286. The second-order valence-electron chi connectivity index (χ2n) is 4.45. The molecule has 0 radical (unpaired) electrons. The average Bonchev–Trinajstić information content (AvgIpc) is 2.41. The lowest BCUT2D eigenvalue weighted by molar-refractivity contribution is -0.138. The molecule has 0 bridgehead atoms. The highest BCUT2D eigenvalue weighted by Gasteiger charge is 2.31. The fourth-order valence-electron chi connectivity index (χ4n) is 1.88. The van der Waals surface area contributed by atoms with E-state index in [4.69, 9.17) is 0 Å². The molecule has 7 heteroatoms. The highest BCUT2D eigenvalue weighted by atomic mass is 19.4. The van der Waals surface area contributed by atoms with Gasteiger partial charge in [0.05, 0.1) is 17.8 Å². The van der Waals surface area contributed by atoms with Gasteiger partial charge in [0.2, 0.25) is 0 Å². The molecule has 0 amide bonds. The Bertz CT molecular complexity index is 680. The summed E-state index contributed by atoms with van der Waals surface area (Å²) in [5, 5.41) is 3.08. The van der Waals surface area contributed by atoms with Gasteiger partial charge in [-0.3, -0.25) is 9.78 Å². The number of pyridine rings is 2. The Balaban J connectivity index is 2.31. The molecule has 0 fully saturated rings. The lowest BCUT2D eigenvalue weighted by atomic mass is 10.2. The molecule has 112 valence electrons. The topological polar surface area (TPSA) is 46.9 Å². The summed E-state index contributed by atoms with van der Waals surface area (Å²) in [5.74, 6) is 0. The van der Waals surface area contributed by atoms with Crippen LogP contribution in [0.5, 0.6) is 0 Å². The molecule has 0 aromatic carbocycles. The van der Waals surface area contributed by atoms with Crippen molar-refractivity contribution in [2.24, 2.45) is 0 Å². The van der Waals surface area contributed by atoms with Crippen LogP contribution in [0.4, 0.5) is 18.9 Å². The predicted molar refractivity (Wildman–Crippen MR) is 73.2 cm³/mol. The minimum atomic E-state index is -4.48. The third-order valence-corrected chi connectivity index (χ3v) is 2.84. The van der Waals surface area contributed by atoms with Gasteiger partial charge < -0.3 is 9.88 Å². The molecule has 0 unspecified atom stereocenters. The van der Waals surface area contributed by atoms with Gasteiger partial charge in [-0.15, -0.1) is 0 Å². The van der Waals surface area contributed by atoms with Crippen molar-refractivity contribution in [1.82, 2.24) is 9.55 Å². The first-order valence-corrected chi connectivity index (χ1v) is 6.36. The van der Waals surface area contributed by atoms with Crippen LogP contribution in [-0.4, -0.2) is 16.1 Å². The van der Waals surface area contributed by atoms with E-state index in [1.54, 1.807) is 18.3 Å². The first kappa shape index (κ1) is 15.1. The van der Waals surface area contributed by atoms with Crippen LogP contribution in [0.1, 0.15) is 18.2 Å². The maximum absolute atomic E-state index is 12.7. The van der Waals surface area contributed by atoms with E-state index < -0.39 is 17.3 Å². The molecule has 2 aromatic heterocycles. The van der Waals surface area contributed by atoms with Gasteiger partial charge in [-0.1, -0.05) is 0 Å². The van der Waals surface area contributed by atoms with Crippen molar-refractivity contribution in [2.45, 2.75) is 19.6 Å². The second kappa shape index (κ2) is 5.99. The molecule has 0 aliphatic rings. The molecule has 4 nitrogen and oxygen atoms in total. The third kappa shape index (κ3) is 3.84. The highest BCUT2D eigenvalue weighted by molar-refractivity contribution is 5.43. The molecular formula is C14H14F3N3O. The van der Waals surface area contributed by atoms with E-state index in [2.05, 4.69) is 10.3 Å². The third-order valence-electron chi connectivity index (χ3n) is 2.84. The Kier molecular flexibility index (Phi) is 4.30. The molecule has 0 aliphatic heterocycles. The summed E-state index contributed by atoms with van der Waals surface area (Å²) in [6, 6.07) is 5.15. The van der Waals surface area contributed by atoms with E-state index in [0.717, 1.165) is 28.6 Å². The molecule has 0 atom stereocenters. The zero-order valence-corrected chi connectivity index (χ0v) is 11.3. The Labute approximate surface area is 119 Å². The second-order valence-corrected chi connectivity index (χ2v) is 4.45. The number of nitrogens with zero attached hydrogens (tertiary/aromatic N) is 2. The van der Waals surface area contributed by atoms with Crippen LogP contribution in [0.3, 0.4) is 0 Å². The van der Waals surface area contributed by atoms with Gasteiger partial charge in [0.15, 0.2) is 0 Å². The van der Waals surface area contributed by atoms with Crippen molar-refractivity contribution in [2.75, 3.05) is 11.9 Å².